The summed E-state index contributed by atoms with van der Waals surface area (Å²) in [6, 6.07) is 2.58. The summed E-state index contributed by atoms with van der Waals surface area (Å²) >= 11 is 5.57. The van der Waals surface area contributed by atoms with Crippen molar-refractivity contribution < 1.29 is 23.4 Å². The van der Waals surface area contributed by atoms with Crippen LogP contribution >= 0.6 is 11.6 Å². The molecular weight excluding hydrogens is 299 g/mol. The second-order valence-corrected chi connectivity index (χ2v) is 4.46. The Labute approximate surface area is 117 Å². The molecule has 0 spiro atoms. The summed E-state index contributed by atoms with van der Waals surface area (Å²) in [7, 11) is 0. The van der Waals surface area contributed by atoms with Crippen LogP contribution in [0.3, 0.4) is 0 Å². The number of azide groups is 1. The Morgan fingerprint density at radius 1 is 1.30 bits per heavy atom. The van der Waals surface area contributed by atoms with Crippen LogP contribution in [0.15, 0.2) is 23.3 Å². The summed E-state index contributed by atoms with van der Waals surface area (Å²) in [5, 5.41) is 22.4. The fourth-order valence-corrected chi connectivity index (χ4v) is 1.81. The molecule has 1 aromatic carbocycles. The Morgan fingerprint density at radius 2 is 1.95 bits per heavy atom. The van der Waals surface area contributed by atoms with Crippen molar-refractivity contribution in [3.8, 4) is 0 Å². The normalized spacial score (nSPS) is 14.5. The van der Waals surface area contributed by atoms with E-state index in [-0.39, 0.29) is 23.6 Å². The van der Waals surface area contributed by atoms with E-state index in [0.717, 1.165) is 12.1 Å². The molecule has 0 aliphatic heterocycles. The van der Waals surface area contributed by atoms with Gasteiger partial charge in [0, 0.05) is 16.5 Å². The Morgan fingerprint density at radius 3 is 2.50 bits per heavy atom. The number of hydrogen-bond acceptors (Lipinski definition) is 3. The number of halogens is 4. The summed E-state index contributed by atoms with van der Waals surface area (Å²) < 4.78 is 37.8. The van der Waals surface area contributed by atoms with Crippen LogP contribution in [0.5, 0.6) is 0 Å². The van der Waals surface area contributed by atoms with Crippen molar-refractivity contribution in [3.63, 3.8) is 0 Å². The first-order valence-electron chi connectivity index (χ1n) is 5.50. The van der Waals surface area contributed by atoms with Crippen molar-refractivity contribution in [2.75, 3.05) is 6.54 Å². The number of rotatable bonds is 5. The van der Waals surface area contributed by atoms with Gasteiger partial charge >= 0.3 is 6.18 Å². The fourth-order valence-electron chi connectivity index (χ4n) is 1.56. The molecule has 110 valence electrons. The summed E-state index contributed by atoms with van der Waals surface area (Å²) in [5.74, 6) is 0. The highest BCUT2D eigenvalue weighted by atomic mass is 35.5. The zero-order valence-corrected chi connectivity index (χ0v) is 10.8. The third-order valence-electron chi connectivity index (χ3n) is 2.54. The van der Waals surface area contributed by atoms with Crippen molar-refractivity contribution >= 4 is 11.6 Å². The van der Waals surface area contributed by atoms with Crippen LogP contribution < -0.4 is 0 Å². The summed E-state index contributed by atoms with van der Waals surface area (Å²) in [4.78, 5) is 2.46. The molecule has 0 saturated carbocycles. The van der Waals surface area contributed by atoms with Crippen LogP contribution in [-0.2, 0) is 6.18 Å². The molecule has 20 heavy (non-hydrogen) atoms. The largest absolute Gasteiger partial charge is 0.416 e. The van der Waals surface area contributed by atoms with E-state index < -0.39 is 23.9 Å². The van der Waals surface area contributed by atoms with Crippen molar-refractivity contribution in [2.24, 2.45) is 5.11 Å². The molecule has 2 atom stereocenters. The zero-order valence-electron chi connectivity index (χ0n) is 10.0. The van der Waals surface area contributed by atoms with Crippen molar-refractivity contribution in [1.82, 2.24) is 0 Å². The lowest BCUT2D eigenvalue weighted by Gasteiger charge is -2.19. The molecule has 1 rings (SSSR count). The molecule has 5 nitrogen and oxygen atoms in total. The van der Waals surface area contributed by atoms with E-state index >= 15 is 0 Å². The maximum Gasteiger partial charge on any atom is 0.416 e. The lowest BCUT2D eigenvalue weighted by Crippen LogP contribution is -2.20. The highest BCUT2D eigenvalue weighted by Gasteiger charge is 2.32. The van der Waals surface area contributed by atoms with Crippen LogP contribution in [0, 0.1) is 0 Å². The standard InChI is InChI=1S/C11H11ClF3N3O2/c12-8-4-6(3-7(5-8)11(13,14)15)10(20)9(19)1-2-17-18-16/h3-5,9-10,19-20H,1-2H2. The van der Waals surface area contributed by atoms with Crippen LogP contribution in [-0.4, -0.2) is 22.9 Å². The smallest absolute Gasteiger partial charge is 0.390 e. The van der Waals surface area contributed by atoms with E-state index in [1.54, 1.807) is 0 Å². The monoisotopic (exact) mass is 309 g/mol. The van der Waals surface area contributed by atoms with Gasteiger partial charge in [0.2, 0.25) is 0 Å². The van der Waals surface area contributed by atoms with Gasteiger partial charge in [0.15, 0.2) is 0 Å². The maximum absolute atomic E-state index is 12.6. The second kappa shape index (κ2) is 6.81. The van der Waals surface area contributed by atoms with Gasteiger partial charge in [0.1, 0.15) is 6.10 Å². The van der Waals surface area contributed by atoms with E-state index in [1.807, 2.05) is 0 Å². The maximum atomic E-state index is 12.6. The second-order valence-electron chi connectivity index (χ2n) is 4.03. The van der Waals surface area contributed by atoms with Gasteiger partial charge in [-0.25, -0.2) is 0 Å². The molecule has 0 saturated heterocycles. The number of hydrogen-bond donors (Lipinski definition) is 2. The first kappa shape index (κ1) is 16.6. The molecule has 0 aliphatic rings. The van der Waals surface area contributed by atoms with Crippen LogP contribution in [0.2, 0.25) is 5.02 Å². The lowest BCUT2D eigenvalue weighted by molar-refractivity contribution is -0.137. The Bertz CT molecular complexity index is 518. The van der Waals surface area contributed by atoms with Crippen LogP contribution in [0.25, 0.3) is 10.4 Å². The van der Waals surface area contributed by atoms with Gasteiger partial charge < -0.3 is 10.2 Å². The number of aliphatic hydroxyl groups excluding tert-OH is 2. The molecule has 2 unspecified atom stereocenters. The molecular formula is C11H11ClF3N3O2. The Hall–Kier alpha value is -1.47. The molecule has 1 aromatic rings. The summed E-state index contributed by atoms with van der Waals surface area (Å²) in [6.07, 6.45) is -7.60. The lowest BCUT2D eigenvalue weighted by atomic mass is 10.00. The minimum absolute atomic E-state index is 0.0819. The van der Waals surface area contributed by atoms with Crippen LogP contribution in [0.4, 0.5) is 13.2 Å². The van der Waals surface area contributed by atoms with E-state index in [9.17, 15) is 23.4 Å². The van der Waals surface area contributed by atoms with Gasteiger partial charge in [0.05, 0.1) is 11.7 Å². The van der Waals surface area contributed by atoms with Crippen LogP contribution in [0.1, 0.15) is 23.7 Å². The van der Waals surface area contributed by atoms with E-state index in [4.69, 9.17) is 17.1 Å². The molecule has 0 heterocycles. The van der Waals surface area contributed by atoms with E-state index in [0.29, 0.717) is 6.07 Å². The molecule has 0 bridgehead atoms. The number of aliphatic hydroxyl groups is 2. The Balaban J connectivity index is 2.95. The number of nitrogens with zero attached hydrogens (tertiary/aromatic N) is 3. The zero-order chi connectivity index (χ0) is 15.3. The van der Waals surface area contributed by atoms with Crippen molar-refractivity contribution in [2.45, 2.75) is 24.8 Å². The molecule has 0 aromatic heterocycles. The highest BCUT2D eigenvalue weighted by Crippen LogP contribution is 2.34. The molecule has 0 amide bonds. The first-order valence-corrected chi connectivity index (χ1v) is 5.88. The van der Waals surface area contributed by atoms with Crippen molar-refractivity contribution in [3.05, 3.63) is 44.8 Å². The fraction of sp³-hybridized carbons (Fsp3) is 0.455. The van der Waals surface area contributed by atoms with Gasteiger partial charge in [-0.05, 0) is 35.7 Å². The van der Waals surface area contributed by atoms with Crippen molar-refractivity contribution in [1.29, 1.82) is 0 Å². The predicted molar refractivity (Wildman–Crippen MR) is 66.1 cm³/mol. The third kappa shape index (κ3) is 4.57. The van der Waals surface area contributed by atoms with E-state index in [1.165, 1.54) is 0 Å². The van der Waals surface area contributed by atoms with Gasteiger partial charge in [-0.2, -0.15) is 13.2 Å². The SMILES string of the molecule is [N-]=[N+]=NCCC(O)C(O)c1cc(Cl)cc(C(F)(F)F)c1. The minimum atomic E-state index is -4.60. The molecule has 2 N–H and O–H groups in total. The number of benzene rings is 1. The van der Waals surface area contributed by atoms with Gasteiger partial charge in [-0.1, -0.05) is 16.7 Å². The third-order valence-corrected chi connectivity index (χ3v) is 2.76. The topological polar surface area (TPSA) is 89.2 Å². The Kier molecular flexibility index (Phi) is 5.64. The highest BCUT2D eigenvalue weighted by molar-refractivity contribution is 6.30. The quantitative estimate of drug-likeness (QED) is 0.495. The average Bonchev–Trinajstić information content (AvgIpc) is 2.36. The predicted octanol–water partition coefficient (Wildman–Crippen LogP) is 3.45. The molecule has 0 fully saturated rings. The molecule has 9 heteroatoms. The van der Waals surface area contributed by atoms with E-state index in [2.05, 4.69) is 10.0 Å². The van der Waals surface area contributed by atoms with Gasteiger partial charge in [-0.15, -0.1) is 0 Å². The molecule has 0 aliphatic carbocycles. The molecule has 0 radical (unpaired) electrons. The summed E-state index contributed by atoms with van der Waals surface area (Å²) in [5.41, 5.74) is 6.90. The average molecular weight is 310 g/mol. The van der Waals surface area contributed by atoms with Gasteiger partial charge in [-0.3, -0.25) is 0 Å². The first-order chi connectivity index (χ1) is 9.25. The summed E-state index contributed by atoms with van der Waals surface area (Å²) in [6.45, 7) is -0.0819. The minimum Gasteiger partial charge on any atom is -0.390 e. The number of alkyl halides is 3. The van der Waals surface area contributed by atoms with Gasteiger partial charge in [0.25, 0.3) is 0 Å².